The number of rotatable bonds is 7. The van der Waals surface area contributed by atoms with Crippen molar-refractivity contribution >= 4 is 22.4 Å². The Labute approximate surface area is 124 Å². The Bertz CT molecular complexity index is 430. The van der Waals surface area contributed by atoms with Gasteiger partial charge in [0.1, 0.15) is 0 Å². The molecule has 1 N–H and O–H groups in total. The number of carbonyl (C=O) groups is 1. The smallest absolute Gasteiger partial charge is 0.357 e. The van der Waals surface area contributed by atoms with Crippen LogP contribution in [0.5, 0.6) is 0 Å². The van der Waals surface area contributed by atoms with Gasteiger partial charge >= 0.3 is 5.97 Å². The molecule has 1 aromatic heterocycles. The van der Waals surface area contributed by atoms with Crippen LogP contribution in [0.25, 0.3) is 0 Å². The standard InChI is InChI=1S/C14H23N3O2S/c1-3-19-13(18)12-10-20-14(16-12)15-8-11(2)9-17-6-4-5-7-17/h10-11H,3-9H2,1-2H3,(H,15,16). The molecule has 1 aliphatic heterocycles. The van der Waals surface area contributed by atoms with Crippen molar-refractivity contribution < 1.29 is 9.53 Å². The molecule has 1 aliphatic rings. The van der Waals surface area contributed by atoms with Gasteiger partial charge in [-0.2, -0.15) is 0 Å². The number of aromatic nitrogens is 1. The van der Waals surface area contributed by atoms with Crippen LogP contribution in [0.4, 0.5) is 5.13 Å². The van der Waals surface area contributed by atoms with Crippen molar-refractivity contribution in [2.24, 2.45) is 5.92 Å². The second-order valence-electron chi connectivity index (χ2n) is 5.25. The third-order valence-corrected chi connectivity index (χ3v) is 4.16. The van der Waals surface area contributed by atoms with Gasteiger partial charge in [0.25, 0.3) is 0 Å². The van der Waals surface area contributed by atoms with Crippen LogP contribution >= 0.6 is 11.3 Å². The number of carbonyl (C=O) groups excluding carboxylic acids is 1. The highest BCUT2D eigenvalue weighted by molar-refractivity contribution is 7.13. The summed E-state index contributed by atoms with van der Waals surface area (Å²) in [5, 5.41) is 5.84. The minimum absolute atomic E-state index is 0.345. The zero-order valence-electron chi connectivity index (χ0n) is 12.2. The van der Waals surface area contributed by atoms with E-state index < -0.39 is 0 Å². The van der Waals surface area contributed by atoms with Crippen LogP contribution in [0.3, 0.4) is 0 Å². The molecule has 0 saturated carbocycles. The van der Waals surface area contributed by atoms with Crippen LogP contribution < -0.4 is 5.32 Å². The molecule has 0 amide bonds. The molecule has 1 aromatic rings. The third kappa shape index (κ3) is 4.45. The lowest BCUT2D eigenvalue weighted by molar-refractivity contribution is 0.0520. The molecule has 0 aliphatic carbocycles. The van der Waals surface area contributed by atoms with Gasteiger partial charge in [0.2, 0.25) is 0 Å². The first-order valence-corrected chi connectivity index (χ1v) is 8.16. The Balaban J connectivity index is 1.74. The van der Waals surface area contributed by atoms with Crippen molar-refractivity contribution in [2.75, 3.05) is 38.1 Å². The van der Waals surface area contributed by atoms with Gasteiger partial charge in [0, 0.05) is 18.5 Å². The molecule has 0 spiro atoms. The molecule has 2 rings (SSSR count). The zero-order chi connectivity index (χ0) is 14.4. The molecule has 6 heteroatoms. The van der Waals surface area contributed by atoms with Crippen LogP contribution in [0.15, 0.2) is 5.38 Å². The molecular formula is C14H23N3O2S. The first-order chi connectivity index (χ1) is 9.69. The first-order valence-electron chi connectivity index (χ1n) is 7.28. The summed E-state index contributed by atoms with van der Waals surface area (Å²) in [6.07, 6.45) is 2.66. The van der Waals surface area contributed by atoms with Gasteiger partial charge in [-0.3, -0.25) is 0 Å². The lowest BCUT2D eigenvalue weighted by Crippen LogP contribution is -2.28. The minimum atomic E-state index is -0.345. The number of anilines is 1. The highest BCUT2D eigenvalue weighted by Gasteiger charge is 2.15. The molecule has 2 heterocycles. The summed E-state index contributed by atoms with van der Waals surface area (Å²) in [6, 6.07) is 0. The summed E-state index contributed by atoms with van der Waals surface area (Å²) in [4.78, 5) is 18.3. The predicted octanol–water partition coefficient (Wildman–Crippen LogP) is 2.46. The highest BCUT2D eigenvalue weighted by Crippen LogP contribution is 2.17. The van der Waals surface area contributed by atoms with E-state index in [0.29, 0.717) is 18.2 Å². The second-order valence-corrected chi connectivity index (χ2v) is 6.11. The molecule has 0 bridgehead atoms. The highest BCUT2D eigenvalue weighted by atomic mass is 32.1. The van der Waals surface area contributed by atoms with Crippen molar-refractivity contribution in [1.29, 1.82) is 0 Å². The number of likely N-dealkylation sites (tertiary alicyclic amines) is 1. The van der Waals surface area contributed by atoms with Crippen molar-refractivity contribution in [3.05, 3.63) is 11.1 Å². The lowest BCUT2D eigenvalue weighted by Gasteiger charge is -2.20. The Hall–Kier alpha value is -1.14. The van der Waals surface area contributed by atoms with Crippen LogP contribution in [-0.4, -0.2) is 48.6 Å². The molecule has 0 aromatic carbocycles. The maximum Gasteiger partial charge on any atom is 0.357 e. The van der Waals surface area contributed by atoms with Gasteiger partial charge in [0.15, 0.2) is 10.8 Å². The number of hydrogen-bond donors (Lipinski definition) is 1. The summed E-state index contributed by atoms with van der Waals surface area (Å²) in [5.41, 5.74) is 0.395. The quantitative estimate of drug-likeness (QED) is 0.784. The van der Waals surface area contributed by atoms with Crippen molar-refractivity contribution in [1.82, 2.24) is 9.88 Å². The van der Waals surface area contributed by atoms with Crippen LogP contribution in [0, 0.1) is 5.92 Å². The summed E-state index contributed by atoms with van der Waals surface area (Å²) >= 11 is 1.45. The van der Waals surface area contributed by atoms with Crippen molar-refractivity contribution in [3.8, 4) is 0 Å². The normalized spacial score (nSPS) is 17.1. The Morgan fingerprint density at radius 2 is 2.30 bits per heavy atom. The maximum atomic E-state index is 11.5. The Morgan fingerprint density at radius 1 is 1.55 bits per heavy atom. The first kappa shape index (κ1) is 15.3. The maximum absolute atomic E-state index is 11.5. The number of hydrogen-bond acceptors (Lipinski definition) is 6. The fourth-order valence-electron chi connectivity index (χ4n) is 2.39. The molecule has 20 heavy (non-hydrogen) atoms. The van der Waals surface area contributed by atoms with E-state index in [1.165, 1.54) is 37.3 Å². The average molecular weight is 297 g/mol. The minimum Gasteiger partial charge on any atom is -0.461 e. The van der Waals surface area contributed by atoms with Crippen LogP contribution in [0.2, 0.25) is 0 Å². The topological polar surface area (TPSA) is 54.5 Å². The molecule has 1 fully saturated rings. The van der Waals surface area contributed by atoms with Gasteiger partial charge in [-0.25, -0.2) is 9.78 Å². The molecule has 1 saturated heterocycles. The van der Waals surface area contributed by atoms with Gasteiger partial charge in [-0.15, -0.1) is 11.3 Å². The van der Waals surface area contributed by atoms with E-state index in [1.807, 2.05) is 0 Å². The van der Waals surface area contributed by atoms with E-state index in [2.05, 4.69) is 22.1 Å². The Morgan fingerprint density at radius 3 is 3.00 bits per heavy atom. The lowest BCUT2D eigenvalue weighted by atomic mass is 10.2. The van der Waals surface area contributed by atoms with Crippen LogP contribution in [-0.2, 0) is 4.74 Å². The second kappa shape index (κ2) is 7.59. The third-order valence-electron chi connectivity index (χ3n) is 3.36. The molecular weight excluding hydrogens is 274 g/mol. The molecule has 0 radical (unpaired) electrons. The van der Waals surface area contributed by atoms with Gasteiger partial charge in [-0.1, -0.05) is 6.92 Å². The van der Waals surface area contributed by atoms with Crippen LogP contribution in [0.1, 0.15) is 37.2 Å². The van der Waals surface area contributed by atoms with E-state index >= 15 is 0 Å². The molecule has 112 valence electrons. The van der Waals surface area contributed by atoms with E-state index in [9.17, 15) is 4.79 Å². The molecule has 1 unspecified atom stereocenters. The number of esters is 1. The van der Waals surface area contributed by atoms with E-state index in [0.717, 1.165) is 18.2 Å². The number of nitrogens with zero attached hydrogens (tertiary/aromatic N) is 2. The summed E-state index contributed by atoms with van der Waals surface area (Å²) in [6.45, 7) is 8.89. The van der Waals surface area contributed by atoms with E-state index in [4.69, 9.17) is 4.74 Å². The summed E-state index contributed by atoms with van der Waals surface area (Å²) < 4.78 is 4.93. The number of nitrogens with one attached hydrogen (secondary N) is 1. The Kier molecular flexibility index (Phi) is 5.79. The van der Waals surface area contributed by atoms with E-state index in [1.54, 1.807) is 12.3 Å². The van der Waals surface area contributed by atoms with Gasteiger partial charge in [0.05, 0.1) is 6.61 Å². The van der Waals surface area contributed by atoms with E-state index in [-0.39, 0.29) is 5.97 Å². The summed E-state index contributed by atoms with van der Waals surface area (Å²) in [5.74, 6) is 0.227. The largest absolute Gasteiger partial charge is 0.461 e. The van der Waals surface area contributed by atoms with Crippen molar-refractivity contribution in [2.45, 2.75) is 26.7 Å². The predicted molar refractivity (Wildman–Crippen MR) is 81.4 cm³/mol. The monoisotopic (exact) mass is 297 g/mol. The van der Waals surface area contributed by atoms with Crippen molar-refractivity contribution in [3.63, 3.8) is 0 Å². The summed E-state index contributed by atoms with van der Waals surface area (Å²) in [7, 11) is 0. The van der Waals surface area contributed by atoms with Gasteiger partial charge in [-0.05, 0) is 38.8 Å². The average Bonchev–Trinajstić information content (AvgIpc) is 3.07. The number of thiazole rings is 1. The molecule has 5 nitrogen and oxygen atoms in total. The SMILES string of the molecule is CCOC(=O)c1csc(NCC(C)CN2CCCC2)n1. The van der Waals surface area contributed by atoms with Gasteiger partial charge < -0.3 is 15.0 Å². The fraction of sp³-hybridized carbons (Fsp3) is 0.714. The fourth-order valence-corrected chi connectivity index (χ4v) is 3.08. The zero-order valence-corrected chi connectivity index (χ0v) is 13.0. The number of ether oxygens (including phenoxy) is 1. The molecule has 1 atom stereocenters.